The van der Waals surface area contributed by atoms with Gasteiger partial charge in [-0.15, -0.1) is 0 Å². The highest BCUT2D eigenvalue weighted by Crippen LogP contribution is 2.27. The van der Waals surface area contributed by atoms with E-state index in [4.69, 9.17) is 18.8 Å². The van der Waals surface area contributed by atoms with Crippen LogP contribution in [0, 0.1) is 11.6 Å². The molecule has 0 unspecified atom stereocenters. The lowest BCUT2D eigenvalue weighted by molar-refractivity contribution is -0.289. The van der Waals surface area contributed by atoms with Crippen molar-refractivity contribution in [1.82, 2.24) is 0 Å². The van der Waals surface area contributed by atoms with Gasteiger partial charge in [-0.2, -0.15) is 8.42 Å². The van der Waals surface area contributed by atoms with Crippen molar-refractivity contribution in [2.75, 3.05) is 13.7 Å². The number of halogens is 2. The van der Waals surface area contributed by atoms with E-state index in [0.29, 0.717) is 18.2 Å². The summed E-state index contributed by atoms with van der Waals surface area (Å²) in [6, 6.07) is 1.52. The summed E-state index contributed by atoms with van der Waals surface area (Å²) in [5.74, 6) is -2.29. The van der Waals surface area contributed by atoms with Gasteiger partial charge in [-0.05, 0) is 12.1 Å². The third-order valence-corrected chi connectivity index (χ3v) is 4.71. The van der Waals surface area contributed by atoms with E-state index < -0.39 is 64.0 Å². The average molecular weight is 370 g/mol. The van der Waals surface area contributed by atoms with Crippen molar-refractivity contribution < 1.29 is 46.2 Å². The molecule has 8 nitrogen and oxygen atoms in total. The van der Waals surface area contributed by atoms with Gasteiger partial charge in [0, 0.05) is 13.2 Å². The summed E-state index contributed by atoms with van der Waals surface area (Å²) in [5.41, 5.74) is 0. The molecular weight excluding hydrogens is 354 g/mol. The van der Waals surface area contributed by atoms with E-state index in [2.05, 4.69) is 0 Å². The molecule has 1 fully saturated rings. The molecule has 0 bridgehead atoms. The van der Waals surface area contributed by atoms with Crippen LogP contribution >= 0.6 is 0 Å². The van der Waals surface area contributed by atoms with Crippen molar-refractivity contribution in [3.8, 4) is 0 Å². The standard InChI is InChI=1S/C13H16F2O8S/c1-21-13-11(18)12(10(17)9(5-16)22-13)23-24(19,20)8-3-6(14)2-7(15)4-8/h2-4,9-13,16-18H,5H2,1H3/t9-,10-,11+,12+,13+/m1/s1. The molecule has 0 saturated carbocycles. The number of rotatable bonds is 5. The maximum Gasteiger partial charge on any atom is 0.297 e. The highest BCUT2D eigenvalue weighted by molar-refractivity contribution is 7.86. The third kappa shape index (κ3) is 3.88. The van der Waals surface area contributed by atoms with Gasteiger partial charge < -0.3 is 24.8 Å². The van der Waals surface area contributed by atoms with Crippen LogP contribution in [0.1, 0.15) is 0 Å². The number of benzene rings is 1. The first-order valence-corrected chi connectivity index (χ1v) is 8.15. The van der Waals surface area contributed by atoms with Gasteiger partial charge in [-0.1, -0.05) is 0 Å². The van der Waals surface area contributed by atoms with Crippen LogP contribution in [-0.2, 0) is 23.8 Å². The molecule has 0 spiro atoms. The number of hydrogen-bond acceptors (Lipinski definition) is 8. The highest BCUT2D eigenvalue weighted by Gasteiger charge is 2.47. The van der Waals surface area contributed by atoms with Crippen molar-refractivity contribution in [1.29, 1.82) is 0 Å². The number of methoxy groups -OCH3 is 1. The Morgan fingerprint density at radius 2 is 1.75 bits per heavy atom. The largest absolute Gasteiger partial charge is 0.394 e. The van der Waals surface area contributed by atoms with Crippen LogP contribution in [0.2, 0.25) is 0 Å². The quantitative estimate of drug-likeness (QED) is 0.572. The first-order chi connectivity index (χ1) is 11.2. The fourth-order valence-corrected chi connectivity index (χ4v) is 3.38. The van der Waals surface area contributed by atoms with Gasteiger partial charge in [0.15, 0.2) is 6.29 Å². The van der Waals surface area contributed by atoms with Crippen LogP contribution in [0.25, 0.3) is 0 Å². The molecule has 0 aromatic heterocycles. The van der Waals surface area contributed by atoms with Gasteiger partial charge in [-0.25, -0.2) is 8.78 Å². The Hall–Kier alpha value is -1.21. The van der Waals surface area contributed by atoms with Gasteiger partial charge in [0.25, 0.3) is 10.1 Å². The highest BCUT2D eigenvalue weighted by atomic mass is 32.2. The second-order valence-electron chi connectivity index (χ2n) is 5.06. The molecule has 0 radical (unpaired) electrons. The zero-order valence-corrected chi connectivity index (χ0v) is 13.2. The molecule has 5 atom stereocenters. The summed E-state index contributed by atoms with van der Waals surface area (Å²) in [5, 5.41) is 29.1. The molecule has 136 valence electrons. The summed E-state index contributed by atoms with van der Waals surface area (Å²) in [6.45, 7) is -0.706. The zero-order valence-electron chi connectivity index (χ0n) is 12.4. The second kappa shape index (κ2) is 7.35. The van der Waals surface area contributed by atoms with Crippen molar-refractivity contribution in [2.45, 2.75) is 35.6 Å². The van der Waals surface area contributed by atoms with Gasteiger partial charge >= 0.3 is 0 Å². The van der Waals surface area contributed by atoms with Gasteiger partial charge in [0.1, 0.15) is 36.1 Å². The molecule has 1 aliphatic heterocycles. The Morgan fingerprint density at radius 1 is 1.17 bits per heavy atom. The Morgan fingerprint density at radius 3 is 2.25 bits per heavy atom. The minimum absolute atomic E-state index is 0.472. The number of aliphatic hydroxyl groups is 3. The first-order valence-electron chi connectivity index (χ1n) is 6.74. The molecule has 24 heavy (non-hydrogen) atoms. The van der Waals surface area contributed by atoms with Crippen LogP contribution in [0.5, 0.6) is 0 Å². The summed E-state index contributed by atoms with van der Waals surface area (Å²) in [6.07, 6.45) is -7.92. The molecule has 1 aromatic rings. The summed E-state index contributed by atoms with van der Waals surface area (Å²) in [7, 11) is -3.58. The normalized spacial score (nSPS) is 31.2. The Kier molecular flexibility index (Phi) is 5.86. The van der Waals surface area contributed by atoms with Gasteiger partial charge in [0.05, 0.1) is 11.5 Å². The average Bonchev–Trinajstić information content (AvgIpc) is 2.51. The van der Waals surface area contributed by atoms with Crippen LogP contribution in [0.3, 0.4) is 0 Å². The molecule has 0 aliphatic carbocycles. The maximum absolute atomic E-state index is 13.2. The first kappa shape index (κ1) is 19.1. The maximum atomic E-state index is 13.2. The number of ether oxygens (including phenoxy) is 2. The van der Waals surface area contributed by atoms with Crippen molar-refractivity contribution >= 4 is 10.1 Å². The van der Waals surface area contributed by atoms with E-state index in [-0.39, 0.29) is 0 Å². The monoisotopic (exact) mass is 370 g/mol. The summed E-state index contributed by atoms with van der Waals surface area (Å²) >= 11 is 0. The molecule has 1 aromatic carbocycles. The topological polar surface area (TPSA) is 123 Å². The molecular formula is C13H16F2O8S. The van der Waals surface area contributed by atoms with Crippen LogP contribution in [0.15, 0.2) is 23.1 Å². The Bertz CT molecular complexity index is 646. The minimum atomic E-state index is -4.73. The Labute approximate surface area is 136 Å². The van der Waals surface area contributed by atoms with Crippen molar-refractivity contribution in [3.63, 3.8) is 0 Å². The minimum Gasteiger partial charge on any atom is -0.394 e. The zero-order chi connectivity index (χ0) is 18.1. The lowest BCUT2D eigenvalue weighted by atomic mass is 9.99. The molecule has 1 saturated heterocycles. The van der Waals surface area contributed by atoms with Crippen LogP contribution in [0.4, 0.5) is 8.78 Å². The van der Waals surface area contributed by atoms with E-state index >= 15 is 0 Å². The summed E-state index contributed by atoms with van der Waals surface area (Å²) < 4.78 is 65.3. The number of aliphatic hydroxyl groups excluding tert-OH is 3. The smallest absolute Gasteiger partial charge is 0.297 e. The number of hydrogen-bond donors (Lipinski definition) is 3. The van der Waals surface area contributed by atoms with E-state index in [1.807, 2.05) is 0 Å². The lowest BCUT2D eigenvalue weighted by Gasteiger charge is -2.40. The fourth-order valence-electron chi connectivity index (χ4n) is 2.24. The predicted molar refractivity (Wildman–Crippen MR) is 73.2 cm³/mol. The van der Waals surface area contributed by atoms with Crippen molar-refractivity contribution in [3.05, 3.63) is 29.8 Å². The van der Waals surface area contributed by atoms with E-state index in [0.717, 1.165) is 7.11 Å². The summed E-state index contributed by atoms with van der Waals surface area (Å²) in [4.78, 5) is -0.833. The van der Waals surface area contributed by atoms with E-state index in [1.165, 1.54) is 0 Å². The molecule has 1 heterocycles. The van der Waals surface area contributed by atoms with Crippen LogP contribution < -0.4 is 0 Å². The SMILES string of the molecule is CO[C@H]1O[C@H](CO)[C@@H](O)[C@H](OS(=O)(=O)c2cc(F)cc(F)c2)[C@@H]1O. The fraction of sp³-hybridized carbons (Fsp3) is 0.538. The molecule has 1 aliphatic rings. The molecule has 3 N–H and O–H groups in total. The van der Waals surface area contributed by atoms with E-state index in [9.17, 15) is 27.4 Å². The third-order valence-electron chi connectivity index (χ3n) is 3.42. The molecule has 2 rings (SSSR count). The van der Waals surface area contributed by atoms with Crippen LogP contribution in [-0.4, -0.2) is 68.2 Å². The predicted octanol–water partition coefficient (Wildman–Crippen LogP) is -0.876. The second-order valence-corrected chi connectivity index (χ2v) is 6.63. The Balaban J connectivity index is 2.31. The van der Waals surface area contributed by atoms with Crippen molar-refractivity contribution in [2.24, 2.45) is 0 Å². The van der Waals surface area contributed by atoms with Gasteiger partial charge in [-0.3, -0.25) is 4.18 Å². The van der Waals surface area contributed by atoms with Gasteiger partial charge in [0.2, 0.25) is 0 Å². The lowest BCUT2D eigenvalue weighted by Crippen LogP contribution is -2.60. The van der Waals surface area contributed by atoms with E-state index in [1.54, 1.807) is 0 Å². The molecule has 0 amide bonds. The molecule has 11 heteroatoms.